The topological polar surface area (TPSA) is 75.8 Å². The van der Waals surface area contributed by atoms with E-state index in [1.165, 1.54) is 0 Å². The number of nitrogens with two attached hydrogens (primary N) is 1. The highest BCUT2D eigenvalue weighted by Crippen LogP contribution is 2.32. The summed E-state index contributed by atoms with van der Waals surface area (Å²) in [7, 11) is 0. The molecule has 1 aliphatic heterocycles. The van der Waals surface area contributed by atoms with E-state index < -0.39 is 11.5 Å². The van der Waals surface area contributed by atoms with Crippen LogP contribution in [0.3, 0.4) is 0 Å². The molecule has 0 aromatic heterocycles. The van der Waals surface area contributed by atoms with Crippen LogP contribution in [0.5, 0.6) is 0 Å². The summed E-state index contributed by atoms with van der Waals surface area (Å²) in [5.74, 6) is -0.775. The fourth-order valence-electron chi connectivity index (χ4n) is 3.12. The Bertz CT molecular complexity index is 699. The third-order valence-corrected chi connectivity index (χ3v) is 4.45. The maximum atomic E-state index is 12.2. The fraction of sp³-hybridized carbons (Fsp3) is 0.316. The van der Waals surface area contributed by atoms with Gasteiger partial charge in [0, 0.05) is 25.2 Å². The number of rotatable bonds is 5. The van der Waals surface area contributed by atoms with Crippen LogP contribution in [0.4, 0.5) is 0 Å². The molecule has 1 atom stereocenters. The van der Waals surface area contributed by atoms with Gasteiger partial charge in [-0.15, -0.1) is 0 Å². The van der Waals surface area contributed by atoms with Crippen molar-refractivity contribution in [1.82, 2.24) is 4.90 Å². The molecule has 0 spiro atoms. The summed E-state index contributed by atoms with van der Waals surface area (Å²) in [5, 5.41) is 11.2. The number of morpholine rings is 1. The Kier molecular flexibility index (Phi) is 4.94. The van der Waals surface area contributed by atoms with Gasteiger partial charge in [-0.05, 0) is 11.1 Å². The molecule has 1 saturated heterocycles. The second kappa shape index (κ2) is 7.13. The molecule has 3 N–H and O–H groups in total. The van der Waals surface area contributed by atoms with Crippen LogP contribution in [0.15, 0.2) is 54.6 Å². The molecular formula is C19H22N2O3. The van der Waals surface area contributed by atoms with Crippen molar-refractivity contribution in [2.75, 3.05) is 26.3 Å². The Morgan fingerprint density at radius 2 is 1.71 bits per heavy atom. The SMILES string of the molecule is NC(=O)C(O)(c1ccccc1)c1ccccc1CN1CCOCC1. The van der Waals surface area contributed by atoms with Crippen LogP contribution in [0, 0.1) is 0 Å². The van der Waals surface area contributed by atoms with Gasteiger partial charge in [0.25, 0.3) is 5.91 Å². The van der Waals surface area contributed by atoms with E-state index in [-0.39, 0.29) is 0 Å². The monoisotopic (exact) mass is 326 g/mol. The van der Waals surface area contributed by atoms with Crippen molar-refractivity contribution in [3.05, 3.63) is 71.3 Å². The molecule has 126 valence electrons. The molecule has 24 heavy (non-hydrogen) atoms. The molecule has 2 aromatic carbocycles. The largest absolute Gasteiger partial charge is 0.379 e. The summed E-state index contributed by atoms with van der Waals surface area (Å²) in [6.07, 6.45) is 0. The molecule has 1 heterocycles. The van der Waals surface area contributed by atoms with Crippen LogP contribution in [-0.2, 0) is 21.7 Å². The predicted octanol–water partition coefficient (Wildman–Crippen LogP) is 1.24. The minimum absolute atomic E-state index is 0.479. The van der Waals surface area contributed by atoms with E-state index in [1.54, 1.807) is 30.3 Å². The minimum atomic E-state index is -1.84. The Hall–Kier alpha value is -2.21. The average molecular weight is 326 g/mol. The zero-order valence-electron chi connectivity index (χ0n) is 13.5. The minimum Gasteiger partial charge on any atom is -0.379 e. The van der Waals surface area contributed by atoms with Gasteiger partial charge < -0.3 is 15.6 Å². The van der Waals surface area contributed by atoms with Gasteiger partial charge in [0.15, 0.2) is 5.60 Å². The molecule has 1 unspecified atom stereocenters. The Morgan fingerprint density at radius 3 is 2.38 bits per heavy atom. The molecule has 5 nitrogen and oxygen atoms in total. The van der Waals surface area contributed by atoms with Crippen LogP contribution in [-0.4, -0.2) is 42.2 Å². The third kappa shape index (κ3) is 3.19. The first-order valence-electron chi connectivity index (χ1n) is 8.08. The second-order valence-corrected chi connectivity index (χ2v) is 5.99. The van der Waals surface area contributed by atoms with E-state index in [0.29, 0.717) is 30.9 Å². The third-order valence-electron chi connectivity index (χ3n) is 4.45. The van der Waals surface area contributed by atoms with Crippen LogP contribution >= 0.6 is 0 Å². The van der Waals surface area contributed by atoms with Gasteiger partial charge in [0.05, 0.1) is 13.2 Å². The highest BCUT2D eigenvalue weighted by molar-refractivity contribution is 5.89. The number of nitrogens with zero attached hydrogens (tertiary/aromatic N) is 1. The quantitative estimate of drug-likeness (QED) is 0.867. The molecule has 1 fully saturated rings. The van der Waals surface area contributed by atoms with Crippen molar-refractivity contribution < 1.29 is 14.6 Å². The zero-order valence-corrected chi connectivity index (χ0v) is 13.5. The number of hydrogen-bond acceptors (Lipinski definition) is 4. The number of hydrogen-bond donors (Lipinski definition) is 2. The van der Waals surface area contributed by atoms with Crippen LogP contribution in [0.2, 0.25) is 0 Å². The van der Waals surface area contributed by atoms with Crippen LogP contribution in [0.1, 0.15) is 16.7 Å². The van der Waals surface area contributed by atoms with E-state index in [4.69, 9.17) is 10.5 Å². The van der Waals surface area contributed by atoms with Crippen molar-refractivity contribution in [1.29, 1.82) is 0 Å². The molecule has 0 saturated carbocycles. The number of amides is 1. The molecule has 0 aliphatic carbocycles. The Morgan fingerprint density at radius 1 is 1.08 bits per heavy atom. The highest BCUT2D eigenvalue weighted by atomic mass is 16.5. The standard InChI is InChI=1S/C19H22N2O3/c20-18(22)19(23,16-7-2-1-3-8-16)17-9-5-4-6-15(17)14-21-10-12-24-13-11-21/h1-9,23H,10-14H2,(H2,20,22). The van der Waals surface area contributed by atoms with Crippen molar-refractivity contribution in [2.24, 2.45) is 5.73 Å². The van der Waals surface area contributed by atoms with E-state index in [2.05, 4.69) is 4.90 Å². The molecule has 0 bridgehead atoms. The van der Waals surface area contributed by atoms with Crippen molar-refractivity contribution in [3.8, 4) is 0 Å². The lowest BCUT2D eigenvalue weighted by Gasteiger charge is -2.31. The summed E-state index contributed by atoms with van der Waals surface area (Å²) in [6, 6.07) is 16.3. The summed E-state index contributed by atoms with van der Waals surface area (Å²) in [6.45, 7) is 3.69. The van der Waals surface area contributed by atoms with Crippen molar-refractivity contribution >= 4 is 5.91 Å². The van der Waals surface area contributed by atoms with E-state index in [1.807, 2.05) is 24.3 Å². The molecule has 0 radical (unpaired) electrons. The number of benzene rings is 2. The average Bonchev–Trinajstić information content (AvgIpc) is 2.63. The second-order valence-electron chi connectivity index (χ2n) is 5.99. The van der Waals surface area contributed by atoms with E-state index >= 15 is 0 Å². The molecule has 1 amide bonds. The fourth-order valence-corrected chi connectivity index (χ4v) is 3.12. The van der Waals surface area contributed by atoms with Crippen LogP contribution in [0.25, 0.3) is 0 Å². The number of ether oxygens (including phenoxy) is 1. The molecule has 3 rings (SSSR count). The Labute approximate surface area is 141 Å². The summed E-state index contributed by atoms with van der Waals surface area (Å²) in [5.41, 5.74) is 5.68. The lowest BCUT2D eigenvalue weighted by atomic mass is 9.83. The van der Waals surface area contributed by atoms with Gasteiger partial charge in [-0.25, -0.2) is 0 Å². The van der Waals surface area contributed by atoms with E-state index in [9.17, 15) is 9.90 Å². The summed E-state index contributed by atoms with van der Waals surface area (Å²) >= 11 is 0. The first-order valence-corrected chi connectivity index (χ1v) is 8.08. The number of carbonyl (C=O) groups is 1. The predicted molar refractivity (Wildman–Crippen MR) is 91.2 cm³/mol. The lowest BCUT2D eigenvalue weighted by Crippen LogP contribution is -2.43. The van der Waals surface area contributed by atoms with Gasteiger partial charge in [0.2, 0.25) is 0 Å². The van der Waals surface area contributed by atoms with Gasteiger partial charge in [-0.2, -0.15) is 0 Å². The van der Waals surface area contributed by atoms with E-state index in [0.717, 1.165) is 18.7 Å². The normalized spacial score (nSPS) is 18.0. The number of carbonyl (C=O) groups excluding carboxylic acids is 1. The molecule has 2 aromatic rings. The summed E-state index contributed by atoms with van der Waals surface area (Å²) < 4.78 is 5.38. The maximum Gasteiger partial charge on any atom is 0.258 e. The van der Waals surface area contributed by atoms with Crippen molar-refractivity contribution in [3.63, 3.8) is 0 Å². The molecular weight excluding hydrogens is 304 g/mol. The zero-order chi connectivity index (χ0) is 17.0. The van der Waals surface area contributed by atoms with Crippen LogP contribution < -0.4 is 5.73 Å². The van der Waals surface area contributed by atoms with Gasteiger partial charge >= 0.3 is 0 Å². The first kappa shape index (κ1) is 16.6. The number of primary amides is 1. The highest BCUT2D eigenvalue weighted by Gasteiger charge is 2.39. The number of aliphatic hydroxyl groups is 1. The first-order chi connectivity index (χ1) is 11.6. The maximum absolute atomic E-state index is 12.2. The Balaban J connectivity index is 2.01. The smallest absolute Gasteiger partial charge is 0.258 e. The van der Waals surface area contributed by atoms with Crippen molar-refractivity contribution in [2.45, 2.75) is 12.1 Å². The van der Waals surface area contributed by atoms with Gasteiger partial charge in [0.1, 0.15) is 0 Å². The molecule has 5 heteroatoms. The molecule has 1 aliphatic rings. The lowest BCUT2D eigenvalue weighted by molar-refractivity contribution is -0.133. The summed E-state index contributed by atoms with van der Waals surface area (Å²) in [4.78, 5) is 14.4. The van der Waals surface area contributed by atoms with Gasteiger partial charge in [-0.1, -0.05) is 54.6 Å². The van der Waals surface area contributed by atoms with Gasteiger partial charge in [-0.3, -0.25) is 9.69 Å².